The second-order valence-electron chi connectivity index (χ2n) is 5.65. The first-order chi connectivity index (χ1) is 11.7. The Morgan fingerprint density at radius 1 is 1.29 bits per heavy atom. The fourth-order valence-corrected chi connectivity index (χ4v) is 2.58. The number of hydrogen-bond acceptors (Lipinski definition) is 4. The van der Waals surface area contributed by atoms with E-state index in [-0.39, 0.29) is 17.6 Å². The number of rotatable bonds is 5. The Hall–Kier alpha value is -2.89. The van der Waals surface area contributed by atoms with Gasteiger partial charge in [-0.15, -0.1) is 0 Å². The van der Waals surface area contributed by atoms with Crippen LogP contribution in [0.5, 0.6) is 0 Å². The zero-order chi connectivity index (χ0) is 16.9. The number of aromatic nitrogens is 1. The lowest BCUT2D eigenvalue weighted by Gasteiger charge is -2.09. The molecular formula is C18H19N3O3. The minimum Gasteiger partial charge on any atom is -0.387 e. The van der Waals surface area contributed by atoms with Crippen LogP contribution in [0.4, 0.5) is 5.69 Å². The highest BCUT2D eigenvalue weighted by molar-refractivity contribution is 6.43. The summed E-state index contributed by atoms with van der Waals surface area (Å²) in [5, 5.41) is 6.67. The molecular weight excluding hydrogens is 306 g/mol. The van der Waals surface area contributed by atoms with Crippen molar-refractivity contribution in [1.29, 1.82) is 0 Å². The third kappa shape index (κ3) is 3.53. The van der Waals surface area contributed by atoms with Crippen LogP contribution in [0, 0.1) is 0 Å². The Balaban J connectivity index is 1.66. The van der Waals surface area contributed by atoms with Crippen LogP contribution in [0.3, 0.4) is 0 Å². The number of carbonyl (C=O) groups excluding carboxylic acids is 1. The van der Waals surface area contributed by atoms with Crippen LogP contribution in [0.2, 0.25) is 0 Å². The van der Waals surface area contributed by atoms with E-state index < -0.39 is 0 Å². The van der Waals surface area contributed by atoms with Crippen LogP contribution in [0.1, 0.15) is 31.4 Å². The molecule has 1 aliphatic rings. The average molecular weight is 325 g/mol. The molecule has 0 spiro atoms. The van der Waals surface area contributed by atoms with Gasteiger partial charge in [0, 0.05) is 25.2 Å². The monoisotopic (exact) mass is 325 g/mol. The van der Waals surface area contributed by atoms with Gasteiger partial charge in [-0.2, -0.15) is 0 Å². The first-order valence-corrected chi connectivity index (χ1v) is 7.97. The number of oxime groups is 1. The second-order valence-corrected chi connectivity index (χ2v) is 5.65. The van der Waals surface area contributed by atoms with E-state index in [1.165, 1.54) is 6.07 Å². The molecule has 0 fully saturated rings. The number of anilines is 1. The van der Waals surface area contributed by atoms with Gasteiger partial charge in [0.1, 0.15) is 5.71 Å². The van der Waals surface area contributed by atoms with Crippen LogP contribution in [0.25, 0.3) is 0 Å². The molecule has 3 rings (SSSR count). The third-order valence-electron chi connectivity index (χ3n) is 3.81. The maximum absolute atomic E-state index is 12.3. The molecule has 1 aromatic carbocycles. The van der Waals surface area contributed by atoms with Gasteiger partial charge in [-0.05, 0) is 18.1 Å². The van der Waals surface area contributed by atoms with E-state index in [0.717, 1.165) is 12.0 Å². The number of nitrogens with zero attached hydrogens (tertiary/aromatic N) is 2. The van der Waals surface area contributed by atoms with Gasteiger partial charge >= 0.3 is 0 Å². The molecule has 6 nitrogen and oxygen atoms in total. The summed E-state index contributed by atoms with van der Waals surface area (Å²) in [6, 6.07) is 12.7. The summed E-state index contributed by atoms with van der Waals surface area (Å²) in [5.74, 6) is -0.310. The standard InChI is InChI=1S/C18H19N3O3/c1-2-10-21-12-14(8-9-17(21)22)19-18(23)15-11-16(24-20-15)13-6-4-3-5-7-13/h3-9,12,16H,2,10-11H2,1H3,(H,19,23)/t16-/m0/s1. The Labute approximate surface area is 139 Å². The number of carbonyl (C=O) groups is 1. The van der Waals surface area contributed by atoms with Crippen molar-refractivity contribution in [3.63, 3.8) is 0 Å². The third-order valence-corrected chi connectivity index (χ3v) is 3.81. The molecule has 1 aliphatic heterocycles. The van der Waals surface area contributed by atoms with Gasteiger partial charge in [-0.1, -0.05) is 42.4 Å². The summed E-state index contributed by atoms with van der Waals surface area (Å²) < 4.78 is 1.58. The molecule has 1 aromatic heterocycles. The normalized spacial score (nSPS) is 16.4. The van der Waals surface area contributed by atoms with Gasteiger partial charge in [-0.25, -0.2) is 0 Å². The van der Waals surface area contributed by atoms with Crippen molar-refractivity contribution in [2.75, 3.05) is 5.32 Å². The summed E-state index contributed by atoms with van der Waals surface area (Å²) in [7, 11) is 0. The fraction of sp³-hybridized carbons (Fsp3) is 0.278. The molecule has 0 unspecified atom stereocenters. The topological polar surface area (TPSA) is 72.7 Å². The number of aryl methyl sites for hydroxylation is 1. The maximum atomic E-state index is 12.3. The van der Waals surface area contributed by atoms with Gasteiger partial charge < -0.3 is 14.7 Å². The molecule has 1 atom stereocenters. The van der Waals surface area contributed by atoms with Crippen LogP contribution in [0.15, 0.2) is 58.6 Å². The van der Waals surface area contributed by atoms with Gasteiger partial charge in [-0.3, -0.25) is 9.59 Å². The Kier molecular flexibility index (Phi) is 4.74. The van der Waals surface area contributed by atoms with Gasteiger partial charge in [0.25, 0.3) is 11.5 Å². The first kappa shape index (κ1) is 16.0. The van der Waals surface area contributed by atoms with Crippen LogP contribution < -0.4 is 10.9 Å². The zero-order valence-electron chi connectivity index (χ0n) is 13.4. The predicted molar refractivity (Wildman–Crippen MR) is 91.9 cm³/mol. The average Bonchev–Trinajstić information content (AvgIpc) is 3.09. The lowest BCUT2D eigenvalue weighted by Crippen LogP contribution is -2.24. The maximum Gasteiger partial charge on any atom is 0.273 e. The van der Waals surface area contributed by atoms with Crippen molar-refractivity contribution in [3.8, 4) is 0 Å². The quantitative estimate of drug-likeness (QED) is 0.918. The first-order valence-electron chi connectivity index (χ1n) is 7.97. The van der Waals surface area contributed by atoms with E-state index in [2.05, 4.69) is 10.5 Å². The van der Waals surface area contributed by atoms with E-state index in [1.54, 1.807) is 16.8 Å². The molecule has 2 aromatic rings. The van der Waals surface area contributed by atoms with E-state index >= 15 is 0 Å². The molecule has 124 valence electrons. The van der Waals surface area contributed by atoms with Crippen molar-refractivity contribution in [2.24, 2.45) is 5.16 Å². The predicted octanol–water partition coefficient (Wildman–Crippen LogP) is 2.71. The molecule has 0 bridgehead atoms. The van der Waals surface area contributed by atoms with Crippen molar-refractivity contribution < 1.29 is 9.63 Å². The molecule has 24 heavy (non-hydrogen) atoms. The van der Waals surface area contributed by atoms with E-state index in [4.69, 9.17) is 4.84 Å². The van der Waals surface area contributed by atoms with E-state index in [9.17, 15) is 9.59 Å². The van der Waals surface area contributed by atoms with E-state index in [1.807, 2.05) is 37.3 Å². The number of nitrogens with one attached hydrogen (secondary N) is 1. The van der Waals surface area contributed by atoms with Gasteiger partial charge in [0.2, 0.25) is 0 Å². The van der Waals surface area contributed by atoms with Crippen molar-refractivity contribution in [2.45, 2.75) is 32.4 Å². The molecule has 1 amide bonds. The molecule has 1 N–H and O–H groups in total. The largest absolute Gasteiger partial charge is 0.387 e. The van der Waals surface area contributed by atoms with Crippen LogP contribution >= 0.6 is 0 Å². The Morgan fingerprint density at radius 3 is 2.83 bits per heavy atom. The molecule has 0 radical (unpaired) electrons. The van der Waals surface area contributed by atoms with Crippen LogP contribution in [-0.4, -0.2) is 16.2 Å². The summed E-state index contributed by atoms with van der Waals surface area (Å²) in [6.45, 7) is 2.61. The smallest absolute Gasteiger partial charge is 0.273 e. The van der Waals surface area contributed by atoms with Gasteiger partial charge in [0.05, 0.1) is 5.69 Å². The molecule has 6 heteroatoms. The van der Waals surface area contributed by atoms with Crippen molar-refractivity contribution in [1.82, 2.24) is 4.57 Å². The molecule has 0 saturated carbocycles. The fourth-order valence-electron chi connectivity index (χ4n) is 2.58. The van der Waals surface area contributed by atoms with E-state index in [0.29, 0.717) is 24.4 Å². The molecule has 0 saturated heterocycles. The number of hydrogen-bond donors (Lipinski definition) is 1. The SMILES string of the molecule is CCCn1cc(NC(=O)C2=NO[C@H](c3ccccc3)C2)ccc1=O. The number of pyridine rings is 1. The zero-order valence-corrected chi connectivity index (χ0v) is 13.4. The van der Waals surface area contributed by atoms with Crippen molar-refractivity contribution in [3.05, 3.63) is 64.6 Å². The summed E-state index contributed by atoms with van der Waals surface area (Å²) in [6.07, 6.45) is 2.68. The van der Waals surface area contributed by atoms with Crippen molar-refractivity contribution >= 4 is 17.3 Å². The Morgan fingerprint density at radius 2 is 2.08 bits per heavy atom. The van der Waals surface area contributed by atoms with Crippen LogP contribution in [-0.2, 0) is 16.2 Å². The molecule has 2 heterocycles. The summed E-state index contributed by atoms with van der Waals surface area (Å²) in [4.78, 5) is 29.4. The molecule has 0 aliphatic carbocycles. The lowest BCUT2D eigenvalue weighted by molar-refractivity contribution is -0.110. The second kappa shape index (κ2) is 7.12. The highest BCUT2D eigenvalue weighted by Crippen LogP contribution is 2.27. The van der Waals surface area contributed by atoms with Gasteiger partial charge in [0.15, 0.2) is 6.10 Å². The Bertz CT molecular complexity index is 812. The number of amides is 1. The minimum atomic E-state index is -0.310. The highest BCUT2D eigenvalue weighted by atomic mass is 16.6. The lowest BCUT2D eigenvalue weighted by atomic mass is 10.0. The highest BCUT2D eigenvalue weighted by Gasteiger charge is 2.27. The summed E-state index contributed by atoms with van der Waals surface area (Å²) in [5.41, 5.74) is 1.82. The summed E-state index contributed by atoms with van der Waals surface area (Å²) >= 11 is 0. The minimum absolute atomic E-state index is 0.0828. The number of benzene rings is 1.